The number of methoxy groups -OCH3 is 3. The number of carbonyl (C=O) groups is 1. The van der Waals surface area contributed by atoms with Crippen LogP contribution in [0.15, 0.2) is 190 Å². The molecular weight excluding hydrogens is 1750 g/mol. The van der Waals surface area contributed by atoms with E-state index in [4.69, 9.17) is 38.3 Å². The van der Waals surface area contributed by atoms with Gasteiger partial charge in [0.15, 0.2) is 17.5 Å². The summed E-state index contributed by atoms with van der Waals surface area (Å²) in [6.45, 7) is 4.59. The molecule has 24 nitrogen and oxygen atoms in total. The van der Waals surface area contributed by atoms with Crippen molar-refractivity contribution >= 4 is 6.09 Å². The number of nitrogens with zero attached hydrogens (tertiary/aromatic N) is 7. The van der Waals surface area contributed by atoms with Gasteiger partial charge in [-0.2, -0.15) is 94.3 Å². The van der Waals surface area contributed by atoms with Crippen molar-refractivity contribution in [1.29, 1.82) is 0 Å². The number of alkyl halides is 18. The minimum atomic E-state index is -5.04. The summed E-state index contributed by atoms with van der Waals surface area (Å²) < 4.78 is 286. The SMILES string of the molecule is CO.COCc1n[nH]c(=O)n1C1CC[C@@](CO[C@H](C)c2cc(C(F)(F)F)cc(C(F)(F)F)c2)(c2ccccc2)N(C(=O)OCc2ccccc2)C1.COCc1n[nH]c(=O)n1C1CC[C@@](CO[C@H](C)c2cc(C(F)(F)F)cc(C(F)(F)F)c2)(c2ccccc2)NC1.COCc1n[nH]c(=O)n1[C@@H]1CC[C@@](CO[C@H](C)c2cc(C(F)(F)F)cc(C(F)(F)F)c2)(c2ccccc2)NC1. The number of aromatic nitrogens is 9. The maximum absolute atomic E-state index is 14.1. The Labute approximate surface area is 726 Å². The third-order valence-electron chi connectivity index (χ3n) is 22.6. The van der Waals surface area contributed by atoms with Crippen molar-refractivity contribution in [3.05, 3.63) is 297 Å². The number of hydrogen-bond donors (Lipinski definition) is 6. The summed E-state index contributed by atoms with van der Waals surface area (Å²) in [6.07, 6.45) is -31.6. The van der Waals surface area contributed by atoms with Gasteiger partial charge in [0.1, 0.15) is 26.4 Å². The van der Waals surface area contributed by atoms with E-state index in [1.54, 1.807) is 54.6 Å². The number of halogens is 18. The third-order valence-corrected chi connectivity index (χ3v) is 22.6. The van der Waals surface area contributed by atoms with Crippen molar-refractivity contribution in [2.24, 2.45) is 0 Å². The van der Waals surface area contributed by atoms with Gasteiger partial charge in [-0.25, -0.2) is 34.5 Å². The number of hydrogen-bond acceptors (Lipinski definition) is 17. The van der Waals surface area contributed by atoms with Crippen LogP contribution in [0.2, 0.25) is 0 Å². The average molecular weight is 1840 g/mol. The van der Waals surface area contributed by atoms with E-state index in [1.165, 1.54) is 60.7 Å². The van der Waals surface area contributed by atoms with Crippen molar-refractivity contribution in [3.8, 4) is 0 Å². The molecule has 6 N–H and O–H groups in total. The number of amides is 1. The number of rotatable bonds is 26. The molecule has 1 amide bonds. The van der Waals surface area contributed by atoms with Crippen LogP contribution < -0.4 is 27.7 Å². The number of benzene rings is 7. The predicted octanol–water partition coefficient (Wildman–Crippen LogP) is 17.7. The number of carbonyl (C=O) groups excluding carboxylic acids is 1. The first kappa shape index (κ1) is 100. The second-order valence-electron chi connectivity index (χ2n) is 30.9. The molecule has 0 aliphatic carbocycles. The van der Waals surface area contributed by atoms with Crippen LogP contribution in [-0.4, -0.2) is 128 Å². The zero-order valence-corrected chi connectivity index (χ0v) is 70.4. The molecule has 3 saturated heterocycles. The fraction of sp³-hybridized carbons (Fsp3) is 0.437. The van der Waals surface area contributed by atoms with Crippen LogP contribution in [0.3, 0.4) is 0 Å². The molecule has 129 heavy (non-hydrogen) atoms. The van der Waals surface area contributed by atoms with Crippen molar-refractivity contribution in [2.75, 3.05) is 67.9 Å². The van der Waals surface area contributed by atoms with E-state index in [1.807, 2.05) is 66.7 Å². The maximum Gasteiger partial charge on any atom is 0.416 e. The second-order valence-corrected chi connectivity index (χ2v) is 30.9. The van der Waals surface area contributed by atoms with Crippen LogP contribution in [0.1, 0.15) is 186 Å². The Balaban J connectivity index is 0.000000201. The highest BCUT2D eigenvalue weighted by Crippen LogP contribution is 2.47. The summed E-state index contributed by atoms with van der Waals surface area (Å²) in [5.41, 5.74) is -10.5. The van der Waals surface area contributed by atoms with Gasteiger partial charge in [0.25, 0.3) is 0 Å². The van der Waals surface area contributed by atoms with Gasteiger partial charge in [-0.3, -0.25) is 18.6 Å². The standard InChI is InChI=1S/C34H34F6N4O5.2C26H28F6N4O3.CH4O/c1-22(24-15-26(33(35,36)37)17-27(16-24)34(38,39)40)49-21-32(25-11-7-4-8-12-25)14-13-28(44-29(20-47-2)41-42-30(44)45)18-43(32)31(46)48-19-23-9-5-3-6-10-23;2*1-16(17-10-19(25(27,28)29)12-20(11-17)26(30,31)32)39-15-24(18-6-4-3-5-7-18)9-8-21(13-33-24)36-22(14-38-2)34-35-23(36)37;1-2/h3-12,15-17,22,28H,13-14,18-21H2,1-2H3,(H,42,45);2*3-7,10-12,16,21,33H,8-9,13-15H2,1-2H3,(H,35,37);2H,1H3/t22-,28?,32-;16-,21?,24-;16-,21-,24-;/m111./s1. The third kappa shape index (κ3) is 24.8. The Morgan fingerprint density at radius 2 is 0.690 bits per heavy atom. The van der Waals surface area contributed by atoms with Crippen LogP contribution in [0.4, 0.5) is 83.8 Å². The molecular formula is C87H94F18N12O12. The van der Waals surface area contributed by atoms with E-state index < -0.39 is 123 Å². The summed E-state index contributed by atoms with van der Waals surface area (Å²) in [7, 11) is 5.42. The van der Waals surface area contributed by atoms with Crippen molar-refractivity contribution < 1.29 is 122 Å². The Morgan fingerprint density at radius 1 is 0.403 bits per heavy atom. The van der Waals surface area contributed by atoms with Crippen LogP contribution in [0.5, 0.6) is 0 Å². The second kappa shape index (κ2) is 42.3. The summed E-state index contributed by atoms with van der Waals surface area (Å²) in [4.78, 5) is 53.1. The van der Waals surface area contributed by atoms with Crippen LogP contribution in [0, 0.1) is 0 Å². The van der Waals surface area contributed by atoms with Gasteiger partial charge in [-0.1, -0.05) is 121 Å². The zero-order valence-electron chi connectivity index (χ0n) is 70.4. The number of likely N-dealkylation sites (tertiary alicyclic amines) is 1. The van der Waals surface area contributed by atoms with Gasteiger partial charge in [-0.15, -0.1) is 0 Å². The molecule has 3 aliphatic heterocycles. The van der Waals surface area contributed by atoms with E-state index in [9.17, 15) is 98.2 Å². The lowest BCUT2D eigenvalue weighted by Crippen LogP contribution is -2.58. The highest BCUT2D eigenvalue weighted by molar-refractivity contribution is 5.70. The molecule has 6 heterocycles. The maximum atomic E-state index is 14.1. The highest BCUT2D eigenvalue weighted by atomic mass is 19.4. The summed E-state index contributed by atoms with van der Waals surface area (Å²) >= 11 is 0. The molecule has 0 spiro atoms. The first-order valence-electron chi connectivity index (χ1n) is 40.2. The summed E-state index contributed by atoms with van der Waals surface area (Å²) in [5.74, 6) is 1.19. The zero-order chi connectivity index (χ0) is 94.2. The van der Waals surface area contributed by atoms with Crippen molar-refractivity contribution in [3.63, 3.8) is 0 Å². The normalized spacial score (nSPS) is 20.1. The van der Waals surface area contributed by atoms with Gasteiger partial charge in [0.2, 0.25) is 0 Å². The van der Waals surface area contributed by atoms with Gasteiger partial charge in [-0.05, 0) is 153 Å². The quantitative estimate of drug-likeness (QED) is 0.0275. The van der Waals surface area contributed by atoms with Crippen LogP contribution >= 0.6 is 0 Å². The average Bonchev–Trinajstić information content (AvgIpc) is 1.69. The van der Waals surface area contributed by atoms with Gasteiger partial charge < -0.3 is 48.9 Å². The molecule has 13 rings (SSSR count). The fourth-order valence-corrected chi connectivity index (χ4v) is 15.8. The lowest BCUT2D eigenvalue weighted by molar-refractivity contribution is -0.145. The predicted molar refractivity (Wildman–Crippen MR) is 430 cm³/mol. The number of aromatic amines is 3. The molecule has 3 fully saturated rings. The molecule has 3 aromatic heterocycles. The molecule has 3 aliphatic rings. The van der Waals surface area contributed by atoms with Crippen LogP contribution in [-0.2, 0) is 113 Å². The summed E-state index contributed by atoms with van der Waals surface area (Å²) in [5, 5.41) is 33.2. The van der Waals surface area contributed by atoms with Crippen molar-refractivity contribution in [2.45, 2.75) is 176 Å². The van der Waals surface area contributed by atoms with Gasteiger partial charge >= 0.3 is 60.2 Å². The number of nitrogens with one attached hydrogen (secondary N) is 5. The van der Waals surface area contributed by atoms with Crippen LogP contribution in [0.25, 0.3) is 0 Å². The van der Waals surface area contributed by atoms with E-state index in [2.05, 4.69) is 41.2 Å². The number of H-pyrrole nitrogens is 3. The van der Waals surface area contributed by atoms with Gasteiger partial charge in [0, 0.05) is 48.1 Å². The molecule has 7 aromatic carbocycles. The lowest BCUT2D eigenvalue weighted by atomic mass is 9.79. The molecule has 0 bridgehead atoms. The molecule has 0 radical (unpaired) electrons. The Kier molecular flexibility index (Phi) is 32.8. The number of aliphatic hydroxyl groups is 1. The van der Waals surface area contributed by atoms with E-state index in [0.29, 0.717) is 110 Å². The summed E-state index contributed by atoms with van der Waals surface area (Å²) in [6, 6.07) is 39.2. The Bertz CT molecular complexity index is 5160. The van der Waals surface area contributed by atoms with E-state index in [-0.39, 0.29) is 118 Å². The first-order chi connectivity index (χ1) is 60.9. The molecule has 10 aromatic rings. The minimum absolute atomic E-state index is 0.00898. The topological polar surface area (TPSA) is 281 Å². The van der Waals surface area contributed by atoms with Gasteiger partial charge in [0.05, 0.1) is 106 Å². The largest absolute Gasteiger partial charge is 0.445 e. The molecule has 42 heteroatoms. The highest BCUT2D eigenvalue weighted by Gasteiger charge is 2.50. The molecule has 9 atom stereocenters. The first-order valence-corrected chi connectivity index (χ1v) is 40.2. The Morgan fingerprint density at radius 3 is 0.984 bits per heavy atom. The molecule has 2 unspecified atom stereocenters. The number of piperidine rings is 3. The Hall–Kier alpha value is -11.0. The van der Waals surface area contributed by atoms with Crippen molar-refractivity contribution in [1.82, 2.24) is 59.8 Å². The monoisotopic (exact) mass is 1840 g/mol. The lowest BCUT2D eigenvalue weighted by Gasteiger charge is -2.49. The fourth-order valence-electron chi connectivity index (χ4n) is 15.8. The number of ether oxygens (including phenoxy) is 7. The molecule has 700 valence electrons. The minimum Gasteiger partial charge on any atom is -0.445 e. The van der Waals surface area contributed by atoms with E-state index in [0.717, 1.165) is 18.2 Å². The van der Waals surface area contributed by atoms with E-state index >= 15 is 0 Å². The molecule has 0 saturated carbocycles. The smallest absolute Gasteiger partial charge is 0.416 e. The number of aliphatic hydroxyl groups excluding tert-OH is 1.